The van der Waals surface area contributed by atoms with Crippen molar-refractivity contribution in [3.05, 3.63) is 29.7 Å². The Bertz CT molecular complexity index is 579. The van der Waals surface area contributed by atoms with E-state index in [1.807, 2.05) is 12.1 Å². The Morgan fingerprint density at radius 1 is 1.26 bits per heavy atom. The highest BCUT2D eigenvalue weighted by molar-refractivity contribution is 5.73. The summed E-state index contributed by atoms with van der Waals surface area (Å²) in [6.45, 7) is 8.35. The van der Waals surface area contributed by atoms with Crippen molar-refractivity contribution < 1.29 is 9.52 Å². The third-order valence-corrected chi connectivity index (χ3v) is 3.27. The van der Waals surface area contributed by atoms with Gasteiger partial charge in [0.25, 0.3) is 0 Å². The monoisotopic (exact) mass is 262 g/mol. The highest BCUT2D eigenvalue weighted by Gasteiger charge is 2.22. The predicted molar refractivity (Wildman–Crippen MR) is 76.1 cm³/mol. The lowest BCUT2D eigenvalue weighted by atomic mass is 9.87. The van der Waals surface area contributed by atoms with Gasteiger partial charge in [-0.2, -0.15) is 0 Å². The molecule has 0 bridgehead atoms. The van der Waals surface area contributed by atoms with Gasteiger partial charge >= 0.3 is 0 Å². The van der Waals surface area contributed by atoms with Gasteiger partial charge in [-0.05, 0) is 30.0 Å². The van der Waals surface area contributed by atoms with Gasteiger partial charge in [0.15, 0.2) is 11.5 Å². The number of aromatic nitrogens is 1. The standard InChI is InChI=1S/C15H22N2O2/c1-14(2,3)10-5-6-12-11(7-10)17-13(19-12)8-15(4,18)9-16/h5-7,18H,8-9,16H2,1-4H3. The average Bonchev–Trinajstić information content (AvgIpc) is 2.67. The van der Waals surface area contributed by atoms with E-state index < -0.39 is 5.60 Å². The molecule has 104 valence electrons. The van der Waals surface area contributed by atoms with Gasteiger partial charge in [0, 0.05) is 6.54 Å². The van der Waals surface area contributed by atoms with Gasteiger partial charge in [-0.15, -0.1) is 0 Å². The first-order valence-corrected chi connectivity index (χ1v) is 6.54. The molecule has 2 aromatic rings. The van der Waals surface area contributed by atoms with Gasteiger partial charge in [0.05, 0.1) is 12.0 Å². The van der Waals surface area contributed by atoms with Crippen LogP contribution in [0.1, 0.15) is 39.1 Å². The Kier molecular flexibility index (Phi) is 3.41. The second-order valence-corrected chi connectivity index (χ2v) is 6.42. The number of benzene rings is 1. The van der Waals surface area contributed by atoms with E-state index in [4.69, 9.17) is 10.2 Å². The van der Waals surface area contributed by atoms with Crippen LogP contribution in [0.3, 0.4) is 0 Å². The summed E-state index contributed by atoms with van der Waals surface area (Å²) in [5.74, 6) is 0.525. The molecule has 0 amide bonds. The smallest absolute Gasteiger partial charge is 0.198 e. The molecule has 1 heterocycles. The van der Waals surface area contributed by atoms with Crippen molar-refractivity contribution >= 4 is 11.1 Å². The molecule has 0 aliphatic rings. The van der Waals surface area contributed by atoms with E-state index in [0.29, 0.717) is 12.3 Å². The van der Waals surface area contributed by atoms with E-state index in [2.05, 4.69) is 31.8 Å². The zero-order valence-electron chi connectivity index (χ0n) is 12.0. The van der Waals surface area contributed by atoms with Crippen LogP contribution in [-0.4, -0.2) is 22.2 Å². The summed E-state index contributed by atoms with van der Waals surface area (Å²) in [5, 5.41) is 9.96. The summed E-state index contributed by atoms with van der Waals surface area (Å²) >= 11 is 0. The molecule has 0 fully saturated rings. The summed E-state index contributed by atoms with van der Waals surface area (Å²) in [4.78, 5) is 4.44. The highest BCUT2D eigenvalue weighted by Crippen LogP contribution is 2.27. The van der Waals surface area contributed by atoms with Crippen LogP contribution < -0.4 is 5.73 Å². The Labute approximate surface area is 113 Å². The van der Waals surface area contributed by atoms with Crippen molar-refractivity contribution in [2.24, 2.45) is 5.73 Å². The van der Waals surface area contributed by atoms with Gasteiger partial charge in [-0.1, -0.05) is 26.8 Å². The Hall–Kier alpha value is -1.39. The Morgan fingerprint density at radius 3 is 2.53 bits per heavy atom. The van der Waals surface area contributed by atoms with Gasteiger partial charge in [0.2, 0.25) is 0 Å². The fourth-order valence-electron chi connectivity index (χ4n) is 1.92. The number of rotatable bonds is 3. The van der Waals surface area contributed by atoms with Crippen LogP contribution >= 0.6 is 0 Å². The molecule has 2 rings (SSSR count). The van der Waals surface area contributed by atoms with Crippen LogP contribution in [0.2, 0.25) is 0 Å². The van der Waals surface area contributed by atoms with Crippen molar-refractivity contribution in [2.45, 2.75) is 45.1 Å². The minimum absolute atomic E-state index is 0.0794. The summed E-state index contributed by atoms with van der Waals surface area (Å²) in [7, 11) is 0. The second-order valence-electron chi connectivity index (χ2n) is 6.42. The van der Waals surface area contributed by atoms with E-state index in [1.54, 1.807) is 6.92 Å². The van der Waals surface area contributed by atoms with E-state index in [1.165, 1.54) is 5.56 Å². The summed E-state index contributed by atoms with van der Waals surface area (Å²) in [6, 6.07) is 6.03. The zero-order chi connectivity index (χ0) is 14.3. The van der Waals surface area contributed by atoms with E-state index in [9.17, 15) is 5.11 Å². The number of aliphatic hydroxyl groups is 1. The average molecular weight is 262 g/mol. The molecule has 1 unspecified atom stereocenters. The van der Waals surface area contributed by atoms with Crippen LogP contribution in [-0.2, 0) is 11.8 Å². The summed E-state index contributed by atoms with van der Waals surface area (Å²) in [6.07, 6.45) is 0.322. The Morgan fingerprint density at radius 2 is 1.95 bits per heavy atom. The maximum Gasteiger partial charge on any atom is 0.198 e. The van der Waals surface area contributed by atoms with Crippen LogP contribution in [0, 0.1) is 0 Å². The van der Waals surface area contributed by atoms with Crippen molar-refractivity contribution in [1.29, 1.82) is 0 Å². The van der Waals surface area contributed by atoms with Gasteiger partial charge in [0.1, 0.15) is 5.52 Å². The number of hydrogen-bond donors (Lipinski definition) is 2. The predicted octanol–water partition coefficient (Wildman–Crippen LogP) is 2.38. The number of nitrogens with zero attached hydrogens (tertiary/aromatic N) is 1. The molecule has 0 aliphatic carbocycles. The third-order valence-electron chi connectivity index (χ3n) is 3.27. The topological polar surface area (TPSA) is 72.3 Å². The van der Waals surface area contributed by atoms with E-state index >= 15 is 0 Å². The molecule has 1 aromatic carbocycles. The SMILES string of the molecule is CC(O)(CN)Cc1nc2cc(C(C)(C)C)ccc2o1. The number of nitrogens with two attached hydrogens (primary N) is 1. The van der Waals surface area contributed by atoms with Crippen molar-refractivity contribution in [3.63, 3.8) is 0 Å². The first-order chi connectivity index (χ1) is 8.71. The molecule has 1 aromatic heterocycles. The lowest BCUT2D eigenvalue weighted by Gasteiger charge is -2.18. The van der Waals surface area contributed by atoms with Gasteiger partial charge < -0.3 is 15.3 Å². The van der Waals surface area contributed by atoms with Gasteiger partial charge in [-0.3, -0.25) is 0 Å². The van der Waals surface area contributed by atoms with Crippen LogP contribution in [0.15, 0.2) is 22.6 Å². The molecular weight excluding hydrogens is 240 g/mol. The lowest BCUT2D eigenvalue weighted by molar-refractivity contribution is 0.0632. The molecule has 0 saturated carbocycles. The van der Waals surface area contributed by atoms with E-state index in [-0.39, 0.29) is 12.0 Å². The summed E-state index contributed by atoms with van der Waals surface area (Å²) in [5.41, 5.74) is 7.40. The maximum atomic E-state index is 9.96. The highest BCUT2D eigenvalue weighted by atomic mass is 16.4. The quantitative estimate of drug-likeness (QED) is 0.890. The van der Waals surface area contributed by atoms with Crippen molar-refractivity contribution in [3.8, 4) is 0 Å². The molecule has 0 radical (unpaired) electrons. The maximum absolute atomic E-state index is 9.96. The third kappa shape index (κ3) is 3.14. The molecule has 19 heavy (non-hydrogen) atoms. The van der Waals surface area contributed by atoms with Crippen molar-refractivity contribution in [1.82, 2.24) is 4.98 Å². The van der Waals surface area contributed by atoms with Gasteiger partial charge in [-0.25, -0.2) is 4.98 Å². The van der Waals surface area contributed by atoms with Crippen molar-refractivity contribution in [2.75, 3.05) is 6.54 Å². The minimum atomic E-state index is -0.978. The van der Waals surface area contributed by atoms with E-state index in [0.717, 1.165) is 11.1 Å². The molecule has 0 aliphatic heterocycles. The normalized spacial score (nSPS) is 15.7. The first kappa shape index (κ1) is 14.0. The Balaban J connectivity index is 2.36. The fraction of sp³-hybridized carbons (Fsp3) is 0.533. The molecule has 4 heteroatoms. The molecule has 0 saturated heterocycles. The molecule has 1 atom stereocenters. The number of fused-ring (bicyclic) bond motifs is 1. The van der Waals surface area contributed by atoms with Crippen LogP contribution in [0.5, 0.6) is 0 Å². The fourth-order valence-corrected chi connectivity index (χ4v) is 1.92. The molecular formula is C15H22N2O2. The van der Waals surface area contributed by atoms with Crippen LogP contribution in [0.25, 0.3) is 11.1 Å². The molecule has 3 N–H and O–H groups in total. The first-order valence-electron chi connectivity index (χ1n) is 6.54. The summed E-state index contributed by atoms with van der Waals surface area (Å²) < 4.78 is 5.65. The second kappa shape index (κ2) is 4.62. The molecule has 0 spiro atoms. The zero-order valence-corrected chi connectivity index (χ0v) is 12.0. The molecule has 4 nitrogen and oxygen atoms in total. The number of hydrogen-bond acceptors (Lipinski definition) is 4. The lowest BCUT2D eigenvalue weighted by Crippen LogP contribution is -2.36. The van der Waals surface area contributed by atoms with Crippen LogP contribution in [0.4, 0.5) is 0 Å². The minimum Gasteiger partial charge on any atom is -0.441 e. The number of oxazole rings is 1. The largest absolute Gasteiger partial charge is 0.441 e.